The zero-order chi connectivity index (χ0) is 20.2. The molecule has 0 bridgehead atoms. The van der Waals surface area contributed by atoms with E-state index in [9.17, 15) is 5.11 Å². The monoisotopic (exact) mass is 408 g/mol. The van der Waals surface area contributed by atoms with Crippen LogP contribution in [0.25, 0.3) is 0 Å². The molecule has 0 heterocycles. The molecule has 0 amide bonds. The van der Waals surface area contributed by atoms with Gasteiger partial charge >= 0.3 is 0 Å². The lowest BCUT2D eigenvalue weighted by Gasteiger charge is -2.30. The van der Waals surface area contributed by atoms with Gasteiger partial charge < -0.3 is 5.11 Å². The molecule has 0 saturated heterocycles. The highest BCUT2D eigenvalue weighted by atomic mass is 32.2. The Balaban J connectivity index is 2.30. The minimum Gasteiger partial charge on any atom is -0.507 e. The van der Waals surface area contributed by atoms with E-state index in [1.807, 2.05) is 11.8 Å². The first kappa shape index (κ1) is 23.0. The third-order valence-electron chi connectivity index (χ3n) is 6.29. The van der Waals surface area contributed by atoms with Crippen molar-refractivity contribution in [3.8, 4) is 5.75 Å². The summed E-state index contributed by atoms with van der Waals surface area (Å²) in [6.45, 7) is 13.5. The normalized spacial score (nSPS) is 22.3. The summed E-state index contributed by atoms with van der Waals surface area (Å²) in [4.78, 5) is 0. The van der Waals surface area contributed by atoms with E-state index >= 15 is 0 Å². The van der Waals surface area contributed by atoms with Crippen molar-refractivity contribution in [1.82, 2.24) is 0 Å². The molecular weight excluding hydrogens is 368 g/mol. The fourth-order valence-electron chi connectivity index (χ4n) is 3.77. The van der Waals surface area contributed by atoms with Gasteiger partial charge in [0.15, 0.2) is 0 Å². The summed E-state index contributed by atoms with van der Waals surface area (Å²) in [6, 6.07) is 4.48. The second kappa shape index (κ2) is 9.48. The number of benzene rings is 1. The van der Waals surface area contributed by atoms with E-state index < -0.39 is 0 Å². The summed E-state index contributed by atoms with van der Waals surface area (Å²) in [5.74, 6) is 1.40. The van der Waals surface area contributed by atoms with E-state index in [0.717, 1.165) is 23.3 Å². The first-order chi connectivity index (χ1) is 12.6. The van der Waals surface area contributed by atoms with Crippen LogP contribution in [0, 0.1) is 0 Å². The maximum atomic E-state index is 11.1. The highest BCUT2D eigenvalue weighted by molar-refractivity contribution is 8.00. The van der Waals surface area contributed by atoms with Crippen molar-refractivity contribution in [2.45, 2.75) is 114 Å². The number of phenolic OH excluding ortho intramolecular Hbond substituents is 1. The molecule has 1 saturated carbocycles. The van der Waals surface area contributed by atoms with Crippen LogP contribution in [-0.4, -0.2) is 15.6 Å². The molecule has 0 spiro atoms. The van der Waals surface area contributed by atoms with Gasteiger partial charge in [-0.15, -0.1) is 0 Å². The number of thioether (sulfide) groups is 1. The molecule has 0 aromatic heterocycles. The van der Waals surface area contributed by atoms with Crippen molar-refractivity contribution in [3.05, 3.63) is 28.8 Å². The Hall–Kier alpha value is -0.280. The fraction of sp³-hybridized carbons (Fsp3) is 0.750. The third kappa shape index (κ3) is 6.10. The minimum absolute atomic E-state index is 0.0168. The lowest BCUT2D eigenvalue weighted by Crippen LogP contribution is -2.21. The smallest absolute Gasteiger partial charge is 0.123 e. The second-order valence-corrected chi connectivity index (χ2v) is 11.8. The van der Waals surface area contributed by atoms with Crippen molar-refractivity contribution < 1.29 is 5.11 Å². The Bertz CT molecular complexity index is 616. The Labute approximate surface area is 177 Å². The fourth-order valence-corrected chi connectivity index (χ4v) is 5.66. The summed E-state index contributed by atoms with van der Waals surface area (Å²) in [5, 5.41) is 12.2. The molecule has 0 radical (unpaired) electrons. The number of phenols is 1. The molecule has 0 aliphatic heterocycles. The molecular formula is C24H40OS2. The van der Waals surface area contributed by atoms with Gasteiger partial charge in [0.25, 0.3) is 0 Å². The average molecular weight is 409 g/mol. The molecule has 1 fully saturated rings. The number of aromatic hydroxyl groups is 1. The molecule has 2 rings (SSSR count). The van der Waals surface area contributed by atoms with Gasteiger partial charge in [-0.1, -0.05) is 79.4 Å². The highest BCUT2D eigenvalue weighted by Gasteiger charge is 2.28. The SMILES string of the molecule is CCC(C)(C)c1cc(C(C)(C)C)cc(CS[C@@H]2CCCCCC[C@H]2S)c1O. The zero-order valence-corrected chi connectivity index (χ0v) is 20.0. The van der Waals surface area contributed by atoms with Crippen molar-refractivity contribution in [2.75, 3.05) is 0 Å². The van der Waals surface area contributed by atoms with Gasteiger partial charge in [0.05, 0.1) is 0 Å². The molecule has 1 aromatic carbocycles. The van der Waals surface area contributed by atoms with E-state index in [-0.39, 0.29) is 10.8 Å². The molecule has 2 atom stereocenters. The van der Waals surface area contributed by atoms with Crippen LogP contribution in [0.15, 0.2) is 12.1 Å². The van der Waals surface area contributed by atoms with Crippen molar-refractivity contribution >= 4 is 24.4 Å². The van der Waals surface area contributed by atoms with E-state index in [1.54, 1.807) is 0 Å². The van der Waals surface area contributed by atoms with Crippen LogP contribution in [0.2, 0.25) is 0 Å². The molecule has 0 unspecified atom stereocenters. The van der Waals surface area contributed by atoms with E-state index in [4.69, 9.17) is 12.6 Å². The number of thiol groups is 1. The molecule has 1 N–H and O–H groups in total. The largest absolute Gasteiger partial charge is 0.507 e. The van der Waals surface area contributed by atoms with Gasteiger partial charge in [-0.2, -0.15) is 24.4 Å². The van der Waals surface area contributed by atoms with Crippen LogP contribution in [0.1, 0.15) is 103 Å². The number of rotatable bonds is 5. The van der Waals surface area contributed by atoms with Gasteiger partial charge in [-0.3, -0.25) is 0 Å². The van der Waals surface area contributed by atoms with Crippen LogP contribution in [0.3, 0.4) is 0 Å². The summed E-state index contributed by atoms with van der Waals surface area (Å²) in [7, 11) is 0. The average Bonchev–Trinajstić information content (AvgIpc) is 2.58. The maximum Gasteiger partial charge on any atom is 0.123 e. The molecule has 1 aromatic rings. The Morgan fingerprint density at radius 2 is 1.67 bits per heavy atom. The molecule has 1 nitrogen and oxygen atoms in total. The van der Waals surface area contributed by atoms with Crippen LogP contribution in [-0.2, 0) is 16.6 Å². The quantitative estimate of drug-likeness (QED) is 0.488. The van der Waals surface area contributed by atoms with Crippen LogP contribution in [0.4, 0.5) is 0 Å². The van der Waals surface area contributed by atoms with Gasteiger partial charge in [-0.25, -0.2) is 0 Å². The molecule has 27 heavy (non-hydrogen) atoms. The lowest BCUT2D eigenvalue weighted by atomic mass is 9.77. The van der Waals surface area contributed by atoms with E-state index in [2.05, 4.69) is 53.7 Å². The van der Waals surface area contributed by atoms with E-state index in [0.29, 0.717) is 16.2 Å². The summed E-state index contributed by atoms with van der Waals surface area (Å²) in [5.41, 5.74) is 3.60. The standard InChI is InChI=1S/C24H40OS2/c1-7-24(5,6)19-15-18(23(2,3)4)14-17(22(19)25)16-27-21-13-11-9-8-10-12-20(21)26/h14-15,20-21,25-26H,7-13,16H2,1-6H3/t20-,21-/m1/s1. The number of hydrogen-bond acceptors (Lipinski definition) is 3. The predicted octanol–water partition coefficient (Wildman–Crippen LogP) is 7.63. The Kier molecular flexibility index (Phi) is 8.08. The maximum absolute atomic E-state index is 11.1. The van der Waals surface area contributed by atoms with Crippen LogP contribution < -0.4 is 0 Å². The minimum atomic E-state index is -0.0168. The Morgan fingerprint density at radius 3 is 2.26 bits per heavy atom. The first-order valence-electron chi connectivity index (χ1n) is 10.7. The molecule has 1 aliphatic rings. The van der Waals surface area contributed by atoms with E-state index in [1.165, 1.54) is 44.1 Å². The van der Waals surface area contributed by atoms with Gasteiger partial charge in [-0.05, 0) is 35.7 Å². The summed E-state index contributed by atoms with van der Waals surface area (Å²) >= 11 is 6.91. The van der Waals surface area contributed by atoms with Gasteiger partial charge in [0.1, 0.15) is 5.75 Å². The Morgan fingerprint density at radius 1 is 1.04 bits per heavy atom. The summed E-state index contributed by atoms with van der Waals surface area (Å²) in [6.07, 6.45) is 8.84. The van der Waals surface area contributed by atoms with Crippen molar-refractivity contribution in [3.63, 3.8) is 0 Å². The number of hydrogen-bond donors (Lipinski definition) is 2. The predicted molar refractivity (Wildman–Crippen MR) is 126 cm³/mol. The van der Waals surface area contributed by atoms with Gasteiger partial charge in [0.2, 0.25) is 0 Å². The summed E-state index contributed by atoms with van der Waals surface area (Å²) < 4.78 is 0. The zero-order valence-electron chi connectivity index (χ0n) is 18.3. The van der Waals surface area contributed by atoms with Crippen molar-refractivity contribution in [2.24, 2.45) is 0 Å². The van der Waals surface area contributed by atoms with Crippen LogP contribution in [0.5, 0.6) is 5.75 Å². The molecule has 1 aliphatic carbocycles. The first-order valence-corrected chi connectivity index (χ1v) is 12.3. The topological polar surface area (TPSA) is 20.2 Å². The van der Waals surface area contributed by atoms with Crippen LogP contribution >= 0.6 is 24.4 Å². The second-order valence-electron chi connectivity index (χ2n) is 9.93. The third-order valence-corrected chi connectivity index (χ3v) is 8.58. The lowest BCUT2D eigenvalue weighted by molar-refractivity contribution is 0.423. The molecule has 3 heteroatoms. The van der Waals surface area contributed by atoms with Gasteiger partial charge in [0, 0.05) is 27.4 Å². The highest BCUT2D eigenvalue weighted by Crippen LogP contribution is 2.42. The molecule has 154 valence electrons. The van der Waals surface area contributed by atoms with Crippen molar-refractivity contribution in [1.29, 1.82) is 0 Å².